The third kappa shape index (κ3) is 2.78. The van der Waals surface area contributed by atoms with Crippen LogP contribution in [0.25, 0.3) is 0 Å². The lowest BCUT2D eigenvalue weighted by molar-refractivity contribution is 0.144. The van der Waals surface area contributed by atoms with Gasteiger partial charge < -0.3 is 4.74 Å². The zero-order valence-corrected chi connectivity index (χ0v) is 8.66. The first-order chi connectivity index (χ1) is 7.56. The zero-order chi connectivity index (χ0) is 12.1. The molecule has 0 atom stereocenters. The van der Waals surface area contributed by atoms with E-state index in [1.54, 1.807) is 4.98 Å². The van der Waals surface area contributed by atoms with E-state index < -0.39 is 23.2 Å². The number of ether oxygens (including phenoxy) is 1. The van der Waals surface area contributed by atoms with Gasteiger partial charge in [-0.05, 0) is 6.42 Å². The van der Waals surface area contributed by atoms with E-state index >= 15 is 0 Å². The standard InChI is InChI=1S/C9H11FN2O4/c1-2-3-4-16-9(15)12-5-6(10)7(13)11-8(12)14/h5H,2-4H2,1H3,(H,11,13,14). The zero-order valence-electron chi connectivity index (χ0n) is 8.66. The minimum absolute atomic E-state index is 0.141. The SMILES string of the molecule is CCCCOC(=O)n1cc(F)c(=O)[nH]c1=O. The molecule has 0 aliphatic carbocycles. The van der Waals surface area contributed by atoms with Crippen molar-refractivity contribution in [2.45, 2.75) is 19.8 Å². The number of hydrogen-bond donors (Lipinski definition) is 1. The summed E-state index contributed by atoms with van der Waals surface area (Å²) in [7, 11) is 0. The lowest BCUT2D eigenvalue weighted by atomic mass is 10.4. The maximum atomic E-state index is 12.8. The Morgan fingerprint density at radius 3 is 2.88 bits per heavy atom. The summed E-state index contributed by atoms with van der Waals surface area (Å²) in [5.41, 5.74) is -2.18. The van der Waals surface area contributed by atoms with Crippen LogP contribution in [0.4, 0.5) is 9.18 Å². The van der Waals surface area contributed by atoms with Gasteiger partial charge in [-0.2, -0.15) is 4.39 Å². The molecule has 0 fully saturated rings. The molecule has 0 radical (unpaired) electrons. The van der Waals surface area contributed by atoms with E-state index in [2.05, 4.69) is 4.74 Å². The summed E-state index contributed by atoms with van der Waals surface area (Å²) >= 11 is 0. The van der Waals surface area contributed by atoms with E-state index in [1.165, 1.54) is 0 Å². The summed E-state index contributed by atoms with van der Waals surface area (Å²) in [6, 6.07) is 0. The lowest BCUT2D eigenvalue weighted by Gasteiger charge is -2.04. The van der Waals surface area contributed by atoms with Crippen LogP contribution in [0.15, 0.2) is 15.8 Å². The number of H-pyrrole nitrogens is 1. The number of nitrogens with zero attached hydrogens (tertiary/aromatic N) is 1. The number of rotatable bonds is 3. The molecule has 1 rings (SSSR count). The van der Waals surface area contributed by atoms with E-state index in [4.69, 9.17) is 0 Å². The highest BCUT2D eigenvalue weighted by molar-refractivity contribution is 5.69. The Hall–Kier alpha value is -1.92. The second-order valence-corrected chi connectivity index (χ2v) is 3.07. The van der Waals surface area contributed by atoms with Crippen molar-refractivity contribution in [3.05, 3.63) is 32.9 Å². The third-order valence-electron chi connectivity index (χ3n) is 1.82. The van der Waals surface area contributed by atoms with Crippen molar-refractivity contribution in [3.8, 4) is 0 Å². The van der Waals surface area contributed by atoms with Crippen LogP contribution in [-0.4, -0.2) is 22.3 Å². The number of hydrogen-bond acceptors (Lipinski definition) is 4. The number of unbranched alkanes of at least 4 members (excludes halogenated alkanes) is 1. The summed E-state index contributed by atoms with van der Waals surface area (Å²) in [6.07, 6.45) is 0.970. The predicted octanol–water partition coefficient (Wildman–Crippen LogP) is 0.460. The molecule has 1 aromatic heterocycles. The predicted molar refractivity (Wildman–Crippen MR) is 52.9 cm³/mol. The maximum Gasteiger partial charge on any atom is 0.422 e. The topological polar surface area (TPSA) is 81.2 Å². The smallest absolute Gasteiger partial charge is 0.422 e. The molecule has 1 aromatic rings. The van der Waals surface area contributed by atoms with Crippen molar-refractivity contribution in [1.82, 2.24) is 9.55 Å². The lowest BCUT2D eigenvalue weighted by Crippen LogP contribution is -2.35. The molecule has 0 aromatic carbocycles. The Morgan fingerprint density at radius 2 is 2.25 bits per heavy atom. The van der Waals surface area contributed by atoms with Gasteiger partial charge in [-0.1, -0.05) is 13.3 Å². The van der Waals surface area contributed by atoms with Gasteiger partial charge in [0.05, 0.1) is 12.8 Å². The van der Waals surface area contributed by atoms with Crippen LogP contribution >= 0.6 is 0 Å². The van der Waals surface area contributed by atoms with Crippen molar-refractivity contribution >= 4 is 6.09 Å². The molecule has 1 heterocycles. The van der Waals surface area contributed by atoms with Gasteiger partial charge in [0.25, 0.3) is 5.56 Å². The van der Waals surface area contributed by atoms with E-state index in [0.717, 1.165) is 6.42 Å². The molecule has 7 heteroatoms. The number of halogens is 1. The molecule has 0 bridgehead atoms. The summed E-state index contributed by atoms with van der Waals surface area (Å²) in [4.78, 5) is 34.7. The molecule has 0 saturated carbocycles. The second kappa shape index (κ2) is 5.24. The minimum Gasteiger partial charge on any atom is -0.449 e. The number of aromatic nitrogens is 2. The molecule has 0 unspecified atom stereocenters. The van der Waals surface area contributed by atoms with Crippen molar-refractivity contribution in [2.75, 3.05) is 6.61 Å². The first-order valence-corrected chi connectivity index (χ1v) is 4.75. The van der Waals surface area contributed by atoms with Crippen molar-refractivity contribution in [3.63, 3.8) is 0 Å². The van der Waals surface area contributed by atoms with Gasteiger partial charge >= 0.3 is 11.8 Å². The molecular weight excluding hydrogens is 219 g/mol. The Bertz CT molecular complexity index is 491. The summed E-state index contributed by atoms with van der Waals surface area (Å²) in [6.45, 7) is 2.04. The van der Waals surface area contributed by atoms with Crippen molar-refractivity contribution in [1.29, 1.82) is 0 Å². The van der Waals surface area contributed by atoms with Gasteiger partial charge in [0.15, 0.2) is 0 Å². The van der Waals surface area contributed by atoms with Gasteiger partial charge in [-0.15, -0.1) is 0 Å². The van der Waals surface area contributed by atoms with E-state index in [1.807, 2.05) is 6.92 Å². The van der Waals surface area contributed by atoms with Crippen LogP contribution in [-0.2, 0) is 4.74 Å². The second-order valence-electron chi connectivity index (χ2n) is 3.07. The van der Waals surface area contributed by atoms with Crippen LogP contribution in [0.1, 0.15) is 19.8 Å². The monoisotopic (exact) mass is 230 g/mol. The van der Waals surface area contributed by atoms with Crippen LogP contribution in [0, 0.1) is 5.82 Å². The van der Waals surface area contributed by atoms with Crippen LogP contribution in [0.2, 0.25) is 0 Å². The summed E-state index contributed by atoms with van der Waals surface area (Å²) < 4.78 is 17.9. The fraction of sp³-hybridized carbons (Fsp3) is 0.444. The Kier molecular flexibility index (Phi) is 3.98. The number of carbonyl (C=O) groups excluding carboxylic acids is 1. The van der Waals surface area contributed by atoms with Crippen molar-refractivity contribution in [2.24, 2.45) is 0 Å². The van der Waals surface area contributed by atoms with Crippen LogP contribution in [0.3, 0.4) is 0 Å². The molecule has 6 nitrogen and oxygen atoms in total. The van der Waals surface area contributed by atoms with Crippen molar-refractivity contribution < 1.29 is 13.9 Å². The van der Waals surface area contributed by atoms with Gasteiger partial charge in [0.1, 0.15) is 0 Å². The molecule has 0 spiro atoms. The average molecular weight is 230 g/mol. The minimum atomic E-state index is -1.22. The highest BCUT2D eigenvalue weighted by Crippen LogP contribution is 1.92. The quantitative estimate of drug-likeness (QED) is 0.765. The third-order valence-corrected chi connectivity index (χ3v) is 1.82. The molecule has 0 saturated heterocycles. The molecule has 16 heavy (non-hydrogen) atoms. The largest absolute Gasteiger partial charge is 0.449 e. The van der Waals surface area contributed by atoms with E-state index in [-0.39, 0.29) is 6.61 Å². The fourth-order valence-corrected chi connectivity index (χ4v) is 0.957. The maximum absolute atomic E-state index is 12.8. The average Bonchev–Trinajstić information content (AvgIpc) is 2.23. The Morgan fingerprint density at radius 1 is 1.56 bits per heavy atom. The van der Waals surface area contributed by atoms with Gasteiger partial charge in [-0.3, -0.25) is 9.78 Å². The molecule has 0 aliphatic rings. The Labute approximate surface area is 89.7 Å². The molecular formula is C9H11FN2O4. The normalized spacial score (nSPS) is 10.1. The molecule has 1 N–H and O–H groups in total. The van der Waals surface area contributed by atoms with Crippen LogP contribution in [0.5, 0.6) is 0 Å². The van der Waals surface area contributed by atoms with Gasteiger partial charge in [0, 0.05) is 0 Å². The molecule has 0 aliphatic heterocycles. The highest BCUT2D eigenvalue weighted by Gasteiger charge is 2.11. The molecule has 88 valence electrons. The number of aromatic amines is 1. The highest BCUT2D eigenvalue weighted by atomic mass is 19.1. The first kappa shape index (κ1) is 12.2. The van der Waals surface area contributed by atoms with Crippen LogP contribution < -0.4 is 11.2 Å². The first-order valence-electron chi connectivity index (χ1n) is 4.75. The van der Waals surface area contributed by atoms with E-state index in [9.17, 15) is 18.8 Å². The number of nitrogens with one attached hydrogen (secondary N) is 1. The number of carbonyl (C=O) groups is 1. The van der Waals surface area contributed by atoms with Gasteiger partial charge in [0.2, 0.25) is 5.82 Å². The summed E-state index contributed by atoms with van der Waals surface area (Å²) in [5.74, 6) is -1.22. The summed E-state index contributed by atoms with van der Waals surface area (Å²) in [5, 5.41) is 0. The molecule has 0 amide bonds. The van der Waals surface area contributed by atoms with Gasteiger partial charge in [-0.25, -0.2) is 14.2 Å². The van der Waals surface area contributed by atoms with E-state index in [0.29, 0.717) is 17.2 Å². The fourth-order valence-electron chi connectivity index (χ4n) is 0.957. The Balaban J connectivity index is 2.88.